The molecule has 0 aliphatic rings. The molecule has 1 N–H and O–H groups in total. The number of carbonyl (C=O) groups excluding carboxylic acids is 2. The second kappa shape index (κ2) is 12.4. The fourth-order valence-corrected chi connectivity index (χ4v) is 4.56. The number of halogens is 2. The Morgan fingerprint density at radius 3 is 2.60 bits per heavy atom. The van der Waals surface area contributed by atoms with Gasteiger partial charge in [0.15, 0.2) is 11.5 Å². The number of esters is 1. The Morgan fingerprint density at radius 1 is 1.12 bits per heavy atom. The van der Waals surface area contributed by atoms with Gasteiger partial charge in [-0.05, 0) is 75.6 Å². The second-order valence-corrected chi connectivity index (χ2v) is 9.51. The van der Waals surface area contributed by atoms with Crippen molar-refractivity contribution in [3.63, 3.8) is 0 Å². The van der Waals surface area contributed by atoms with Gasteiger partial charge in [0.25, 0.3) is 11.6 Å². The quantitative estimate of drug-likeness (QED) is 0.0545. The summed E-state index contributed by atoms with van der Waals surface area (Å²) in [7, 11) is 0. The fraction of sp³-hybridized carbons (Fsp3) is 0.0690. The first-order chi connectivity index (χ1) is 19.2. The Hall–Kier alpha value is -4.72. The molecule has 0 saturated carbocycles. The van der Waals surface area contributed by atoms with E-state index < -0.39 is 22.5 Å². The Bertz CT molecular complexity index is 1730. The highest BCUT2D eigenvalue weighted by atomic mass is 79.9. The van der Waals surface area contributed by atoms with Crippen molar-refractivity contribution in [1.82, 2.24) is 0 Å². The molecule has 11 heteroatoms. The normalized spacial score (nSPS) is 11.0. The summed E-state index contributed by atoms with van der Waals surface area (Å²) in [4.78, 5) is 36.6. The van der Waals surface area contributed by atoms with Gasteiger partial charge in [0, 0.05) is 11.1 Å². The van der Waals surface area contributed by atoms with Crippen molar-refractivity contribution in [2.45, 2.75) is 6.92 Å². The van der Waals surface area contributed by atoms with E-state index in [4.69, 9.17) is 21.1 Å². The van der Waals surface area contributed by atoms with Crippen LogP contribution in [0.25, 0.3) is 16.8 Å². The van der Waals surface area contributed by atoms with Gasteiger partial charge in [-0.25, -0.2) is 4.79 Å². The van der Waals surface area contributed by atoms with Crippen LogP contribution in [0.3, 0.4) is 0 Å². The lowest BCUT2D eigenvalue weighted by Crippen LogP contribution is -2.14. The number of nitrogens with one attached hydrogen (secondary N) is 1. The minimum atomic E-state index is -0.867. The molecule has 40 heavy (non-hydrogen) atoms. The molecular weight excluding hydrogens is 602 g/mol. The zero-order chi connectivity index (χ0) is 28.8. The van der Waals surface area contributed by atoms with Crippen LogP contribution in [-0.4, -0.2) is 23.4 Å². The van der Waals surface area contributed by atoms with Gasteiger partial charge >= 0.3 is 5.97 Å². The van der Waals surface area contributed by atoms with E-state index >= 15 is 0 Å². The molecule has 1 amide bonds. The molecule has 0 aliphatic carbocycles. The molecule has 0 fully saturated rings. The third-order valence-corrected chi connectivity index (χ3v) is 6.44. The number of rotatable bonds is 8. The SMILES string of the molecule is CCOc1cc(C=C(C#N)C(=O)Nc2ccc(Cl)cc2[N+](=O)[O-])cc(Br)c1OC(=O)c1cccc2ccccc12. The van der Waals surface area contributed by atoms with E-state index in [1.807, 2.05) is 30.3 Å². The maximum absolute atomic E-state index is 13.1. The zero-order valence-corrected chi connectivity index (χ0v) is 23.2. The molecule has 0 aliphatic heterocycles. The minimum Gasteiger partial charge on any atom is -0.490 e. The summed E-state index contributed by atoms with van der Waals surface area (Å²) in [6, 6.07) is 21.3. The first-order valence-corrected chi connectivity index (χ1v) is 12.9. The van der Waals surface area contributed by atoms with Crippen molar-refractivity contribution in [1.29, 1.82) is 5.26 Å². The van der Waals surface area contributed by atoms with E-state index in [2.05, 4.69) is 21.2 Å². The van der Waals surface area contributed by atoms with Gasteiger partial charge in [0.2, 0.25) is 0 Å². The van der Waals surface area contributed by atoms with Gasteiger partial charge in [0.1, 0.15) is 17.3 Å². The lowest BCUT2D eigenvalue weighted by Gasteiger charge is -2.14. The highest BCUT2D eigenvalue weighted by Gasteiger charge is 2.21. The molecule has 0 spiro atoms. The summed E-state index contributed by atoms with van der Waals surface area (Å²) < 4.78 is 11.8. The van der Waals surface area contributed by atoms with Crippen LogP contribution in [0.2, 0.25) is 5.02 Å². The number of fused-ring (bicyclic) bond motifs is 1. The van der Waals surface area contributed by atoms with Crippen molar-refractivity contribution >= 4 is 67.6 Å². The number of hydrogen-bond acceptors (Lipinski definition) is 7. The van der Waals surface area contributed by atoms with Gasteiger partial charge in [-0.2, -0.15) is 5.26 Å². The number of nitriles is 1. The van der Waals surface area contributed by atoms with Crippen LogP contribution >= 0.6 is 27.5 Å². The fourth-order valence-electron chi connectivity index (χ4n) is 3.85. The third-order valence-electron chi connectivity index (χ3n) is 5.62. The van der Waals surface area contributed by atoms with E-state index in [1.165, 1.54) is 24.3 Å². The van der Waals surface area contributed by atoms with Crippen molar-refractivity contribution < 1.29 is 24.0 Å². The summed E-state index contributed by atoms with van der Waals surface area (Å²) >= 11 is 9.22. The molecule has 4 aromatic rings. The number of anilines is 1. The Kier molecular flexibility index (Phi) is 8.79. The molecule has 0 aromatic heterocycles. The van der Waals surface area contributed by atoms with Crippen LogP contribution in [0.15, 0.2) is 82.8 Å². The summed E-state index contributed by atoms with van der Waals surface area (Å²) in [6.07, 6.45) is 1.28. The van der Waals surface area contributed by atoms with Crippen LogP contribution in [0, 0.1) is 21.4 Å². The van der Waals surface area contributed by atoms with E-state index in [-0.39, 0.29) is 34.4 Å². The molecule has 0 bridgehead atoms. The summed E-state index contributed by atoms with van der Waals surface area (Å²) in [5.41, 5.74) is -0.128. The number of amides is 1. The van der Waals surface area contributed by atoms with Gasteiger partial charge in [-0.15, -0.1) is 0 Å². The maximum atomic E-state index is 13.1. The highest BCUT2D eigenvalue weighted by Crippen LogP contribution is 2.38. The molecule has 200 valence electrons. The Morgan fingerprint density at radius 2 is 1.88 bits per heavy atom. The first kappa shape index (κ1) is 28.3. The lowest BCUT2D eigenvalue weighted by atomic mass is 10.0. The molecular formula is C29H19BrClN3O6. The number of hydrogen-bond donors (Lipinski definition) is 1. The van der Waals surface area contributed by atoms with Crippen molar-refractivity contribution in [2.75, 3.05) is 11.9 Å². The molecule has 0 heterocycles. The molecule has 0 saturated heterocycles. The lowest BCUT2D eigenvalue weighted by molar-refractivity contribution is -0.383. The van der Waals surface area contributed by atoms with Crippen molar-refractivity contribution in [3.05, 3.63) is 109 Å². The van der Waals surface area contributed by atoms with E-state index in [0.717, 1.165) is 16.8 Å². The monoisotopic (exact) mass is 619 g/mol. The molecule has 9 nitrogen and oxygen atoms in total. The Labute approximate surface area is 241 Å². The standard InChI is InChI=1S/C29H19BrClN3O6/c1-2-39-26-14-17(12-19(16-32)28(35)33-24-11-10-20(31)15-25(24)34(37)38)13-23(30)27(26)40-29(36)22-9-5-7-18-6-3-4-8-21(18)22/h3-15H,2H2,1H3,(H,33,35). The van der Waals surface area contributed by atoms with Crippen molar-refractivity contribution in [3.8, 4) is 17.6 Å². The van der Waals surface area contributed by atoms with Crippen LogP contribution in [-0.2, 0) is 4.79 Å². The number of benzene rings is 4. The predicted octanol–water partition coefficient (Wildman–Crippen LogP) is 7.33. The Balaban J connectivity index is 1.65. The number of ether oxygens (including phenoxy) is 2. The van der Waals surface area contributed by atoms with Gasteiger partial charge in [-0.3, -0.25) is 14.9 Å². The van der Waals surface area contributed by atoms with Gasteiger partial charge < -0.3 is 14.8 Å². The molecule has 4 rings (SSSR count). The van der Waals surface area contributed by atoms with Crippen LogP contribution in [0.4, 0.5) is 11.4 Å². The molecule has 0 unspecified atom stereocenters. The highest BCUT2D eigenvalue weighted by molar-refractivity contribution is 9.10. The van der Waals surface area contributed by atoms with E-state index in [1.54, 1.807) is 31.2 Å². The third kappa shape index (κ3) is 6.29. The average molecular weight is 621 g/mol. The van der Waals surface area contributed by atoms with E-state index in [9.17, 15) is 25.0 Å². The number of nitro groups is 1. The second-order valence-electron chi connectivity index (χ2n) is 8.22. The van der Waals surface area contributed by atoms with Crippen LogP contribution in [0.1, 0.15) is 22.8 Å². The maximum Gasteiger partial charge on any atom is 0.344 e. The first-order valence-electron chi connectivity index (χ1n) is 11.7. The van der Waals surface area contributed by atoms with Crippen LogP contribution in [0.5, 0.6) is 11.5 Å². The number of nitro benzene ring substituents is 1. The van der Waals surface area contributed by atoms with Crippen LogP contribution < -0.4 is 14.8 Å². The summed E-state index contributed by atoms with van der Waals surface area (Å²) in [5, 5.41) is 25.1. The zero-order valence-electron chi connectivity index (χ0n) is 20.8. The van der Waals surface area contributed by atoms with Gasteiger partial charge in [-0.1, -0.05) is 48.0 Å². The topological polar surface area (TPSA) is 132 Å². The van der Waals surface area contributed by atoms with E-state index in [0.29, 0.717) is 15.6 Å². The average Bonchev–Trinajstić information content (AvgIpc) is 2.94. The number of carbonyl (C=O) groups is 2. The predicted molar refractivity (Wildman–Crippen MR) is 155 cm³/mol. The summed E-state index contributed by atoms with van der Waals surface area (Å²) in [6.45, 7) is 1.99. The molecule has 0 atom stereocenters. The summed E-state index contributed by atoms with van der Waals surface area (Å²) in [5.74, 6) is -1.14. The largest absolute Gasteiger partial charge is 0.490 e. The minimum absolute atomic E-state index is 0.118. The molecule has 0 radical (unpaired) electrons. The number of nitrogens with zero attached hydrogens (tertiary/aromatic N) is 2. The molecule has 4 aromatic carbocycles. The van der Waals surface area contributed by atoms with Gasteiger partial charge in [0.05, 0.1) is 21.6 Å². The van der Waals surface area contributed by atoms with Crippen molar-refractivity contribution in [2.24, 2.45) is 0 Å². The smallest absolute Gasteiger partial charge is 0.344 e.